The van der Waals surface area contributed by atoms with E-state index < -0.39 is 0 Å². The number of benzene rings is 1. The molecule has 1 heterocycles. The van der Waals surface area contributed by atoms with Gasteiger partial charge in [-0.25, -0.2) is 4.98 Å². The molecule has 2 N–H and O–H groups in total. The van der Waals surface area contributed by atoms with Crippen LogP contribution in [0.3, 0.4) is 0 Å². The molecule has 0 saturated heterocycles. The average molecular weight is 284 g/mol. The van der Waals surface area contributed by atoms with E-state index in [1.54, 1.807) is 18.4 Å². The van der Waals surface area contributed by atoms with E-state index in [9.17, 15) is 0 Å². The highest BCUT2D eigenvalue weighted by atomic mass is 32.1. The van der Waals surface area contributed by atoms with Crippen LogP contribution >= 0.6 is 11.3 Å². The van der Waals surface area contributed by atoms with Crippen LogP contribution < -0.4 is 10.5 Å². The quantitative estimate of drug-likeness (QED) is 0.910. The van der Waals surface area contributed by atoms with Crippen molar-refractivity contribution in [2.75, 3.05) is 7.11 Å². The van der Waals surface area contributed by atoms with Crippen LogP contribution in [-0.2, 0) is 0 Å². The number of hydrogen-bond donors (Lipinski definition) is 1. The van der Waals surface area contributed by atoms with E-state index in [1.165, 1.54) is 0 Å². The smallest absolute Gasteiger partial charge is 0.124 e. The predicted molar refractivity (Wildman–Crippen MR) is 84.8 cm³/mol. The van der Waals surface area contributed by atoms with Gasteiger partial charge in [0.05, 0.1) is 17.3 Å². The molecule has 0 unspecified atom stereocenters. The Morgan fingerprint density at radius 2 is 2.15 bits per heavy atom. The average Bonchev–Trinajstić information content (AvgIpc) is 2.80. The van der Waals surface area contributed by atoms with E-state index in [1.807, 2.05) is 31.2 Å². The van der Waals surface area contributed by atoms with Crippen molar-refractivity contribution in [2.24, 2.45) is 5.73 Å². The summed E-state index contributed by atoms with van der Waals surface area (Å²) in [5, 5.41) is 1.02. The van der Waals surface area contributed by atoms with Crippen molar-refractivity contribution < 1.29 is 4.74 Å². The van der Waals surface area contributed by atoms with Crippen molar-refractivity contribution in [1.82, 2.24) is 4.98 Å². The molecule has 4 heteroatoms. The fourth-order valence-electron chi connectivity index (χ4n) is 2.15. The van der Waals surface area contributed by atoms with Gasteiger partial charge < -0.3 is 10.5 Å². The van der Waals surface area contributed by atoms with Gasteiger partial charge in [0, 0.05) is 11.3 Å². The first-order valence-electron chi connectivity index (χ1n) is 6.47. The number of ether oxygens (including phenoxy) is 1. The topological polar surface area (TPSA) is 48.1 Å². The van der Waals surface area contributed by atoms with Gasteiger partial charge in [0.1, 0.15) is 10.8 Å². The predicted octanol–water partition coefficient (Wildman–Crippen LogP) is 3.88. The van der Waals surface area contributed by atoms with Crippen LogP contribution in [0, 0.1) is 0 Å². The Balaban J connectivity index is 2.05. The molecule has 3 nitrogen and oxygen atoms in total. The van der Waals surface area contributed by atoms with Crippen molar-refractivity contribution in [3.05, 3.63) is 52.7 Å². The minimum Gasteiger partial charge on any atom is -0.497 e. The van der Waals surface area contributed by atoms with Gasteiger partial charge in [-0.2, -0.15) is 0 Å². The molecular weight excluding hydrogens is 268 g/mol. The first kappa shape index (κ1) is 12.9. The van der Waals surface area contributed by atoms with E-state index >= 15 is 0 Å². The number of thiazole rings is 1. The zero-order valence-corrected chi connectivity index (χ0v) is 12.3. The fraction of sp³-hybridized carbons (Fsp3) is 0.188. The molecule has 2 aromatic rings. The number of methoxy groups -OCH3 is 1. The molecule has 0 radical (unpaired) electrons. The van der Waals surface area contributed by atoms with Gasteiger partial charge >= 0.3 is 0 Å². The van der Waals surface area contributed by atoms with Gasteiger partial charge in [-0.1, -0.05) is 12.2 Å². The third-order valence-electron chi connectivity index (χ3n) is 3.35. The van der Waals surface area contributed by atoms with Gasteiger partial charge in [-0.15, -0.1) is 11.3 Å². The zero-order valence-electron chi connectivity index (χ0n) is 11.5. The molecule has 102 valence electrons. The lowest BCUT2D eigenvalue weighted by Gasteiger charge is -1.99. The highest BCUT2D eigenvalue weighted by Crippen LogP contribution is 2.32. The highest BCUT2D eigenvalue weighted by Gasteiger charge is 2.10. The Kier molecular flexibility index (Phi) is 3.32. The van der Waals surface area contributed by atoms with E-state index in [0.717, 1.165) is 44.2 Å². The number of rotatable bonds is 2. The summed E-state index contributed by atoms with van der Waals surface area (Å²) >= 11 is 1.68. The number of aromatic nitrogens is 1. The molecule has 1 aliphatic carbocycles. The summed E-state index contributed by atoms with van der Waals surface area (Å²) < 4.78 is 6.39. The Morgan fingerprint density at radius 1 is 1.30 bits per heavy atom. The summed E-state index contributed by atoms with van der Waals surface area (Å²) in [5.41, 5.74) is 10.0. The second-order valence-corrected chi connectivity index (χ2v) is 5.77. The molecule has 3 rings (SSSR count). The number of nitrogens with zero attached hydrogens (tertiary/aromatic N) is 1. The summed E-state index contributed by atoms with van der Waals surface area (Å²) in [6.07, 6.45) is 7.15. The molecule has 20 heavy (non-hydrogen) atoms. The Bertz CT molecular complexity index is 753. The molecule has 1 aromatic carbocycles. The second-order valence-electron chi connectivity index (χ2n) is 4.73. The largest absolute Gasteiger partial charge is 0.497 e. The number of nitrogens with two attached hydrogens (primary N) is 1. The molecule has 0 fully saturated rings. The third-order valence-corrected chi connectivity index (χ3v) is 4.41. The van der Waals surface area contributed by atoms with Gasteiger partial charge in [0.25, 0.3) is 0 Å². The van der Waals surface area contributed by atoms with Gasteiger partial charge in [0.15, 0.2) is 0 Å². The van der Waals surface area contributed by atoms with Crippen molar-refractivity contribution >= 4 is 27.1 Å². The minimum absolute atomic E-state index is 0.842. The zero-order chi connectivity index (χ0) is 14.1. The number of fused-ring (bicyclic) bond motifs is 1. The maximum Gasteiger partial charge on any atom is 0.124 e. The maximum absolute atomic E-state index is 5.96. The lowest BCUT2D eigenvalue weighted by atomic mass is 10.1. The van der Waals surface area contributed by atoms with Crippen molar-refractivity contribution in [1.29, 1.82) is 0 Å². The maximum atomic E-state index is 5.96. The van der Waals surface area contributed by atoms with Gasteiger partial charge in [-0.05, 0) is 43.2 Å². The summed E-state index contributed by atoms with van der Waals surface area (Å²) in [4.78, 5) is 4.70. The van der Waals surface area contributed by atoms with Gasteiger partial charge in [0.2, 0.25) is 0 Å². The van der Waals surface area contributed by atoms with Crippen molar-refractivity contribution in [2.45, 2.75) is 13.3 Å². The summed E-state index contributed by atoms with van der Waals surface area (Å²) in [6, 6.07) is 5.96. The summed E-state index contributed by atoms with van der Waals surface area (Å²) in [7, 11) is 1.68. The van der Waals surface area contributed by atoms with Gasteiger partial charge in [-0.3, -0.25) is 0 Å². The molecule has 0 bridgehead atoms. The summed E-state index contributed by atoms with van der Waals surface area (Å²) in [6.45, 7) is 2.03. The Hall–Kier alpha value is -2.07. The Morgan fingerprint density at radius 3 is 2.95 bits per heavy atom. The first-order chi connectivity index (χ1) is 9.67. The number of allylic oxidation sites excluding steroid dienone is 5. The molecule has 0 atom stereocenters. The lowest BCUT2D eigenvalue weighted by Crippen LogP contribution is -1.97. The normalized spacial score (nSPS) is 15.4. The van der Waals surface area contributed by atoms with E-state index in [4.69, 9.17) is 15.5 Å². The molecule has 0 saturated carbocycles. The number of hydrogen-bond acceptors (Lipinski definition) is 4. The summed E-state index contributed by atoms with van der Waals surface area (Å²) in [5.74, 6) is 0.861. The Labute approximate surface area is 122 Å². The molecule has 0 amide bonds. The minimum atomic E-state index is 0.842. The third kappa shape index (κ3) is 2.34. The lowest BCUT2D eigenvalue weighted by molar-refractivity contribution is 0.415. The van der Waals surface area contributed by atoms with Crippen molar-refractivity contribution in [3.63, 3.8) is 0 Å². The molecular formula is C16H16N2OS. The van der Waals surface area contributed by atoms with Crippen LogP contribution in [0.25, 0.3) is 15.8 Å². The van der Waals surface area contributed by atoms with E-state index in [-0.39, 0.29) is 0 Å². The fourth-order valence-corrected chi connectivity index (χ4v) is 3.16. The van der Waals surface area contributed by atoms with E-state index in [2.05, 4.69) is 12.2 Å². The van der Waals surface area contributed by atoms with E-state index in [0.29, 0.717) is 0 Å². The van der Waals surface area contributed by atoms with Crippen LogP contribution in [0.5, 0.6) is 5.75 Å². The molecule has 1 aliphatic rings. The van der Waals surface area contributed by atoms with Crippen LogP contribution in [0.15, 0.2) is 47.7 Å². The molecule has 0 spiro atoms. The van der Waals surface area contributed by atoms with Crippen LogP contribution in [0.2, 0.25) is 0 Å². The van der Waals surface area contributed by atoms with Crippen LogP contribution in [0.1, 0.15) is 18.4 Å². The van der Waals surface area contributed by atoms with Crippen molar-refractivity contribution in [3.8, 4) is 5.75 Å². The molecule has 1 aromatic heterocycles. The molecule has 0 aliphatic heterocycles. The first-order valence-corrected chi connectivity index (χ1v) is 7.28. The highest BCUT2D eigenvalue weighted by molar-refractivity contribution is 7.19. The SMILES string of the molecule is COc1ccc2nc(C3=CCC=C(N)C(C)=C3)sc2c1. The standard InChI is InChI=1S/C16H16N2OS/c1-10-8-11(4-3-5-13(10)17)16-18-14-7-6-12(19-2)9-15(14)20-16/h4-9H,3,17H2,1-2H3. The second kappa shape index (κ2) is 5.13. The van der Waals surface area contributed by atoms with Crippen LogP contribution in [-0.4, -0.2) is 12.1 Å². The van der Waals surface area contributed by atoms with Crippen LogP contribution in [0.4, 0.5) is 0 Å². The monoisotopic (exact) mass is 284 g/mol.